The molecule has 0 aromatic carbocycles. The zero-order valence-electron chi connectivity index (χ0n) is 4.73. The van der Waals surface area contributed by atoms with E-state index >= 15 is 0 Å². The molecule has 0 radical (unpaired) electrons. The summed E-state index contributed by atoms with van der Waals surface area (Å²) >= 11 is 6.44. The number of hydrogen-bond donors (Lipinski definition) is 0. The van der Waals surface area contributed by atoms with Crippen LogP contribution in [0.25, 0.3) is 0 Å². The van der Waals surface area contributed by atoms with Gasteiger partial charge in [0.05, 0.1) is 6.20 Å². The lowest BCUT2D eigenvalue weighted by molar-refractivity contribution is 1.17. The first-order valence-electron chi connectivity index (χ1n) is 2.35. The highest BCUT2D eigenvalue weighted by Gasteiger charge is 1.95. The van der Waals surface area contributed by atoms with Gasteiger partial charge in [0.1, 0.15) is 9.21 Å². The molecule has 1 heterocycles. The third-order valence-corrected chi connectivity index (χ3v) is 2.00. The third-order valence-electron chi connectivity index (χ3n) is 0.868. The monoisotopic (exact) mass is 248 g/mol. The molecule has 9 heavy (non-hydrogen) atoms. The largest absolute Gasteiger partial charge is 0.267 e. The minimum absolute atomic E-state index is 0.750. The SMILES string of the molecule is Bc1ncc(Br)nc1Br. The fraction of sp³-hybridized carbons (Fsp3) is 0. The number of nitrogens with zero attached hydrogens (tertiary/aromatic N) is 2. The van der Waals surface area contributed by atoms with Gasteiger partial charge in [0.25, 0.3) is 0 Å². The molecule has 0 aliphatic heterocycles. The van der Waals surface area contributed by atoms with Crippen LogP contribution in [0.4, 0.5) is 0 Å². The van der Waals surface area contributed by atoms with Crippen LogP contribution in [-0.4, -0.2) is 17.8 Å². The van der Waals surface area contributed by atoms with Crippen LogP contribution in [0.2, 0.25) is 0 Å². The molecule has 0 amide bonds. The van der Waals surface area contributed by atoms with Gasteiger partial charge in [-0.15, -0.1) is 0 Å². The van der Waals surface area contributed by atoms with Crippen LogP contribution in [-0.2, 0) is 0 Å². The van der Waals surface area contributed by atoms with Gasteiger partial charge in [-0.3, -0.25) is 4.98 Å². The number of aromatic nitrogens is 2. The summed E-state index contributed by atoms with van der Waals surface area (Å²) in [5, 5.41) is 0. The standard InChI is InChI=1S/C4H3BBr2N2/c5-3-4(7)9-2(6)1-8-3/h1H,5H2. The fourth-order valence-corrected chi connectivity index (χ4v) is 1.22. The van der Waals surface area contributed by atoms with Crippen molar-refractivity contribution in [1.82, 2.24) is 9.97 Å². The molecule has 0 unspecified atom stereocenters. The van der Waals surface area contributed by atoms with Gasteiger partial charge in [0.2, 0.25) is 0 Å². The van der Waals surface area contributed by atoms with Crippen LogP contribution in [0.3, 0.4) is 0 Å². The zero-order chi connectivity index (χ0) is 6.85. The molecule has 0 spiro atoms. The molecular formula is C4H3BBr2N2. The highest BCUT2D eigenvalue weighted by atomic mass is 79.9. The van der Waals surface area contributed by atoms with Gasteiger partial charge in [0, 0.05) is 5.59 Å². The molecule has 46 valence electrons. The Labute approximate surface area is 70.8 Å². The first-order chi connectivity index (χ1) is 4.20. The van der Waals surface area contributed by atoms with Crippen LogP contribution in [0.1, 0.15) is 0 Å². The maximum Gasteiger partial charge on any atom is 0.167 e. The topological polar surface area (TPSA) is 25.8 Å². The maximum absolute atomic E-state index is 4.04. The van der Waals surface area contributed by atoms with E-state index in [0.717, 1.165) is 14.8 Å². The number of rotatable bonds is 0. The Bertz CT molecular complexity index is 228. The molecule has 0 N–H and O–H groups in total. The van der Waals surface area contributed by atoms with E-state index in [-0.39, 0.29) is 0 Å². The summed E-state index contributed by atoms with van der Waals surface area (Å²) in [4.78, 5) is 8.07. The van der Waals surface area contributed by atoms with Gasteiger partial charge < -0.3 is 0 Å². The molecule has 0 atom stereocenters. The Morgan fingerprint density at radius 2 is 2.11 bits per heavy atom. The highest BCUT2D eigenvalue weighted by molar-refractivity contribution is 9.11. The van der Waals surface area contributed by atoms with Crippen molar-refractivity contribution in [2.45, 2.75) is 0 Å². The normalized spacial score (nSPS) is 9.56. The molecule has 0 bridgehead atoms. The van der Waals surface area contributed by atoms with E-state index in [2.05, 4.69) is 41.8 Å². The maximum atomic E-state index is 4.04. The van der Waals surface area contributed by atoms with Crippen molar-refractivity contribution in [2.75, 3.05) is 0 Å². The molecule has 0 aliphatic rings. The molecule has 1 rings (SSSR count). The van der Waals surface area contributed by atoms with Crippen molar-refractivity contribution in [3.63, 3.8) is 0 Å². The Morgan fingerprint density at radius 3 is 2.56 bits per heavy atom. The van der Waals surface area contributed by atoms with Crippen LogP contribution in [0.15, 0.2) is 15.4 Å². The Balaban J connectivity index is 3.17. The van der Waals surface area contributed by atoms with Crippen molar-refractivity contribution in [3.05, 3.63) is 15.4 Å². The summed E-state index contributed by atoms with van der Waals surface area (Å²) in [7, 11) is 1.89. The smallest absolute Gasteiger partial charge is 0.167 e. The van der Waals surface area contributed by atoms with Gasteiger partial charge in [0.15, 0.2) is 7.85 Å². The molecule has 2 nitrogen and oxygen atoms in total. The quantitative estimate of drug-likeness (QED) is 0.617. The molecule has 0 fully saturated rings. The van der Waals surface area contributed by atoms with E-state index in [1.54, 1.807) is 6.20 Å². The molecule has 0 saturated heterocycles. The summed E-state index contributed by atoms with van der Waals surface area (Å²) in [6, 6.07) is 0. The second-order valence-corrected chi connectivity index (χ2v) is 3.13. The van der Waals surface area contributed by atoms with Gasteiger partial charge in [-0.1, -0.05) is 0 Å². The van der Waals surface area contributed by atoms with Gasteiger partial charge in [-0.25, -0.2) is 4.98 Å². The number of hydrogen-bond acceptors (Lipinski definition) is 2. The Kier molecular flexibility index (Phi) is 2.24. The summed E-state index contributed by atoms with van der Waals surface area (Å²) in [5.74, 6) is 0. The first-order valence-corrected chi connectivity index (χ1v) is 3.93. The van der Waals surface area contributed by atoms with Gasteiger partial charge in [-0.2, -0.15) is 0 Å². The van der Waals surface area contributed by atoms with E-state index in [1.165, 1.54) is 0 Å². The third kappa shape index (κ3) is 1.76. The molecule has 0 aliphatic carbocycles. The molecule has 0 saturated carbocycles. The van der Waals surface area contributed by atoms with Crippen molar-refractivity contribution >= 4 is 45.3 Å². The average molecular weight is 250 g/mol. The lowest BCUT2D eigenvalue weighted by atomic mass is 10.1. The fourth-order valence-electron chi connectivity index (χ4n) is 0.407. The van der Waals surface area contributed by atoms with E-state index in [4.69, 9.17) is 0 Å². The Morgan fingerprint density at radius 1 is 1.44 bits per heavy atom. The lowest BCUT2D eigenvalue weighted by Crippen LogP contribution is -2.10. The molecule has 1 aromatic heterocycles. The predicted molar refractivity (Wildman–Crippen MR) is 45.6 cm³/mol. The summed E-state index contributed by atoms with van der Waals surface area (Å²) in [6.45, 7) is 0. The summed E-state index contributed by atoms with van der Waals surface area (Å²) < 4.78 is 1.54. The van der Waals surface area contributed by atoms with Crippen molar-refractivity contribution in [2.24, 2.45) is 0 Å². The predicted octanol–water partition coefficient (Wildman–Crippen LogP) is 0.260. The number of halogens is 2. The van der Waals surface area contributed by atoms with Crippen molar-refractivity contribution < 1.29 is 0 Å². The lowest BCUT2D eigenvalue weighted by Gasteiger charge is -1.93. The average Bonchev–Trinajstić information content (AvgIpc) is 1.80. The molecule has 1 aromatic rings. The van der Waals surface area contributed by atoms with Crippen molar-refractivity contribution in [1.29, 1.82) is 0 Å². The highest BCUT2D eigenvalue weighted by Crippen LogP contribution is 2.05. The minimum atomic E-state index is 0.750. The molecular weight excluding hydrogens is 247 g/mol. The Hall–Kier alpha value is 0.105. The van der Waals surface area contributed by atoms with Crippen LogP contribution in [0.5, 0.6) is 0 Å². The van der Waals surface area contributed by atoms with Gasteiger partial charge >= 0.3 is 0 Å². The van der Waals surface area contributed by atoms with E-state index in [0.29, 0.717) is 0 Å². The van der Waals surface area contributed by atoms with Crippen LogP contribution >= 0.6 is 31.9 Å². The minimum Gasteiger partial charge on any atom is -0.267 e. The molecule has 5 heteroatoms. The first kappa shape index (κ1) is 7.21. The summed E-state index contributed by atoms with van der Waals surface area (Å²) in [6.07, 6.45) is 1.67. The zero-order valence-corrected chi connectivity index (χ0v) is 7.90. The van der Waals surface area contributed by atoms with E-state index in [9.17, 15) is 0 Å². The van der Waals surface area contributed by atoms with E-state index in [1.807, 2.05) is 7.85 Å². The van der Waals surface area contributed by atoms with Crippen LogP contribution < -0.4 is 5.59 Å². The second kappa shape index (κ2) is 2.79. The summed E-state index contributed by atoms with van der Waals surface area (Å²) in [5.41, 5.74) is 0.901. The van der Waals surface area contributed by atoms with Gasteiger partial charge in [-0.05, 0) is 31.9 Å². The van der Waals surface area contributed by atoms with E-state index < -0.39 is 0 Å². The van der Waals surface area contributed by atoms with Crippen molar-refractivity contribution in [3.8, 4) is 0 Å². The second-order valence-electron chi connectivity index (χ2n) is 1.57. The van der Waals surface area contributed by atoms with Crippen LogP contribution in [0, 0.1) is 0 Å².